The van der Waals surface area contributed by atoms with Crippen LogP contribution in [-0.4, -0.2) is 29.8 Å². The van der Waals surface area contributed by atoms with Crippen LogP contribution >= 0.6 is 0 Å². The third-order valence-corrected chi connectivity index (χ3v) is 5.74. The lowest BCUT2D eigenvalue weighted by atomic mass is 9.99. The van der Waals surface area contributed by atoms with Gasteiger partial charge in [0.2, 0.25) is 5.91 Å². The average molecular weight is 429 g/mol. The fourth-order valence-electron chi connectivity index (χ4n) is 3.95. The maximum atomic E-state index is 12.7. The average Bonchev–Trinajstić information content (AvgIpc) is 2.85. The lowest BCUT2D eigenvalue weighted by Crippen LogP contribution is -2.36. The minimum Gasteiger partial charge on any atom is -0.489 e. The van der Waals surface area contributed by atoms with Gasteiger partial charge in [-0.3, -0.25) is 9.59 Å². The molecule has 164 valence electrons. The molecule has 3 aromatic carbocycles. The standard InChI is InChI=1S/C27H28N2O3/c30-26(29-18-16-21-9-4-5-10-22(21)19-29)15-8-17-28-27(31)25-14-7-6-11-23(25)20-32-24-12-2-1-3-13-24/h1-7,9-14H,8,15-20H2,(H,28,31). The number of nitrogens with one attached hydrogen (secondary N) is 1. The van der Waals surface area contributed by atoms with Crippen LogP contribution in [0.2, 0.25) is 0 Å². The first-order chi connectivity index (χ1) is 15.7. The molecule has 1 N–H and O–H groups in total. The van der Waals surface area contributed by atoms with Crippen molar-refractivity contribution < 1.29 is 14.3 Å². The Morgan fingerprint density at radius 1 is 0.875 bits per heavy atom. The van der Waals surface area contributed by atoms with Crippen LogP contribution in [0.4, 0.5) is 0 Å². The topological polar surface area (TPSA) is 58.6 Å². The van der Waals surface area contributed by atoms with Crippen LogP contribution < -0.4 is 10.1 Å². The summed E-state index contributed by atoms with van der Waals surface area (Å²) in [4.78, 5) is 27.2. The van der Waals surface area contributed by atoms with Crippen LogP contribution in [-0.2, 0) is 24.4 Å². The van der Waals surface area contributed by atoms with E-state index in [9.17, 15) is 9.59 Å². The number of hydrogen-bond donors (Lipinski definition) is 1. The molecule has 0 aromatic heterocycles. The lowest BCUT2D eigenvalue weighted by Gasteiger charge is -2.29. The number of rotatable bonds is 8. The quantitative estimate of drug-likeness (QED) is 0.543. The molecule has 0 unspecified atom stereocenters. The third kappa shape index (κ3) is 5.55. The Kier molecular flexibility index (Phi) is 7.18. The predicted octanol–water partition coefficient (Wildman–Crippen LogP) is 4.36. The third-order valence-electron chi connectivity index (χ3n) is 5.74. The van der Waals surface area contributed by atoms with Crippen molar-refractivity contribution in [1.82, 2.24) is 10.2 Å². The van der Waals surface area contributed by atoms with Crippen LogP contribution in [0.3, 0.4) is 0 Å². The molecule has 2 amide bonds. The first-order valence-electron chi connectivity index (χ1n) is 11.1. The summed E-state index contributed by atoms with van der Waals surface area (Å²) in [5.74, 6) is 0.767. The highest BCUT2D eigenvalue weighted by molar-refractivity contribution is 5.95. The molecular weight excluding hydrogens is 400 g/mol. The Balaban J connectivity index is 1.23. The van der Waals surface area contributed by atoms with E-state index in [-0.39, 0.29) is 11.8 Å². The summed E-state index contributed by atoms with van der Waals surface area (Å²) in [6.07, 6.45) is 1.95. The minimum absolute atomic E-state index is 0.142. The summed E-state index contributed by atoms with van der Waals surface area (Å²) < 4.78 is 5.80. The minimum atomic E-state index is -0.142. The van der Waals surface area contributed by atoms with Crippen molar-refractivity contribution in [2.45, 2.75) is 32.4 Å². The zero-order chi connectivity index (χ0) is 22.2. The highest BCUT2D eigenvalue weighted by atomic mass is 16.5. The fourth-order valence-corrected chi connectivity index (χ4v) is 3.95. The molecule has 1 aliphatic heterocycles. The smallest absolute Gasteiger partial charge is 0.251 e. The van der Waals surface area contributed by atoms with E-state index in [1.54, 1.807) is 6.07 Å². The molecule has 4 rings (SSSR count). The van der Waals surface area contributed by atoms with E-state index in [0.29, 0.717) is 38.1 Å². The molecule has 3 aromatic rings. The first kappa shape index (κ1) is 21.6. The van der Waals surface area contributed by atoms with Crippen LogP contribution in [0.25, 0.3) is 0 Å². The number of fused-ring (bicyclic) bond motifs is 1. The number of benzene rings is 3. The number of para-hydroxylation sites is 1. The number of amides is 2. The van der Waals surface area contributed by atoms with Crippen molar-refractivity contribution in [2.24, 2.45) is 0 Å². The van der Waals surface area contributed by atoms with Gasteiger partial charge in [0, 0.05) is 37.2 Å². The second-order valence-corrected chi connectivity index (χ2v) is 7.95. The van der Waals surface area contributed by atoms with Crippen molar-refractivity contribution in [1.29, 1.82) is 0 Å². The van der Waals surface area contributed by atoms with Crippen molar-refractivity contribution in [3.8, 4) is 5.75 Å². The summed E-state index contributed by atoms with van der Waals surface area (Å²) >= 11 is 0. The number of hydrogen-bond acceptors (Lipinski definition) is 3. The monoisotopic (exact) mass is 428 g/mol. The van der Waals surface area contributed by atoms with E-state index >= 15 is 0 Å². The van der Waals surface area contributed by atoms with Crippen molar-refractivity contribution in [3.63, 3.8) is 0 Å². The highest BCUT2D eigenvalue weighted by Crippen LogP contribution is 2.19. The predicted molar refractivity (Wildman–Crippen MR) is 124 cm³/mol. The Labute approximate surface area is 189 Å². The van der Waals surface area contributed by atoms with Gasteiger partial charge < -0.3 is 15.0 Å². The van der Waals surface area contributed by atoms with Crippen LogP contribution in [0.15, 0.2) is 78.9 Å². The highest BCUT2D eigenvalue weighted by Gasteiger charge is 2.20. The van der Waals surface area contributed by atoms with Gasteiger partial charge in [-0.2, -0.15) is 0 Å². The van der Waals surface area contributed by atoms with Gasteiger partial charge in [-0.25, -0.2) is 0 Å². The number of nitrogens with zero attached hydrogens (tertiary/aromatic N) is 1. The summed E-state index contributed by atoms with van der Waals surface area (Å²) in [7, 11) is 0. The summed E-state index contributed by atoms with van der Waals surface area (Å²) in [6, 6.07) is 25.3. The van der Waals surface area contributed by atoms with Gasteiger partial charge >= 0.3 is 0 Å². The van der Waals surface area contributed by atoms with Gasteiger partial charge in [0.1, 0.15) is 12.4 Å². The maximum Gasteiger partial charge on any atom is 0.251 e. The molecule has 0 bridgehead atoms. The molecule has 0 radical (unpaired) electrons. The molecule has 0 atom stereocenters. The van der Waals surface area contributed by atoms with Gasteiger partial charge in [0.15, 0.2) is 0 Å². The van der Waals surface area contributed by atoms with E-state index in [1.165, 1.54) is 11.1 Å². The SMILES string of the molecule is O=C(NCCCC(=O)N1CCc2ccccc2C1)c1ccccc1COc1ccccc1. The lowest BCUT2D eigenvalue weighted by molar-refractivity contribution is -0.132. The van der Waals surface area contributed by atoms with Crippen LogP contribution in [0.1, 0.15) is 39.9 Å². The molecule has 1 heterocycles. The molecule has 0 aliphatic carbocycles. The van der Waals surface area contributed by atoms with Gasteiger partial charge in [0.25, 0.3) is 5.91 Å². The van der Waals surface area contributed by atoms with E-state index in [0.717, 1.165) is 24.3 Å². The second-order valence-electron chi connectivity index (χ2n) is 7.95. The maximum absolute atomic E-state index is 12.7. The number of carbonyl (C=O) groups is 2. The number of ether oxygens (including phenoxy) is 1. The van der Waals surface area contributed by atoms with E-state index in [4.69, 9.17) is 4.74 Å². The zero-order valence-corrected chi connectivity index (χ0v) is 18.1. The molecule has 5 heteroatoms. The molecule has 32 heavy (non-hydrogen) atoms. The fraction of sp³-hybridized carbons (Fsp3) is 0.259. The molecule has 0 saturated carbocycles. The van der Waals surface area contributed by atoms with Gasteiger partial charge in [0.05, 0.1) is 0 Å². The Hall–Kier alpha value is -3.60. The van der Waals surface area contributed by atoms with Crippen molar-refractivity contribution in [3.05, 3.63) is 101 Å². The molecular formula is C27H28N2O3. The van der Waals surface area contributed by atoms with Crippen LogP contribution in [0, 0.1) is 0 Å². The molecule has 0 spiro atoms. The summed E-state index contributed by atoms with van der Waals surface area (Å²) in [5, 5.41) is 2.95. The summed E-state index contributed by atoms with van der Waals surface area (Å²) in [5.41, 5.74) is 3.99. The second kappa shape index (κ2) is 10.6. The van der Waals surface area contributed by atoms with Crippen LogP contribution in [0.5, 0.6) is 5.75 Å². The Morgan fingerprint density at radius 2 is 1.59 bits per heavy atom. The zero-order valence-electron chi connectivity index (χ0n) is 18.1. The van der Waals surface area contributed by atoms with E-state index < -0.39 is 0 Å². The molecule has 0 fully saturated rings. The molecule has 5 nitrogen and oxygen atoms in total. The van der Waals surface area contributed by atoms with E-state index in [2.05, 4.69) is 17.4 Å². The largest absolute Gasteiger partial charge is 0.489 e. The van der Waals surface area contributed by atoms with Gasteiger partial charge in [-0.05, 0) is 42.2 Å². The number of carbonyl (C=O) groups excluding carboxylic acids is 2. The van der Waals surface area contributed by atoms with Gasteiger partial charge in [-0.15, -0.1) is 0 Å². The van der Waals surface area contributed by atoms with Gasteiger partial charge in [-0.1, -0.05) is 60.7 Å². The molecule has 1 aliphatic rings. The summed E-state index contributed by atoms with van der Waals surface area (Å²) in [6.45, 7) is 2.22. The van der Waals surface area contributed by atoms with E-state index in [1.807, 2.05) is 65.6 Å². The van der Waals surface area contributed by atoms with Crippen molar-refractivity contribution in [2.75, 3.05) is 13.1 Å². The normalized spacial score (nSPS) is 12.7. The first-order valence-corrected chi connectivity index (χ1v) is 11.1. The van der Waals surface area contributed by atoms with Crippen molar-refractivity contribution >= 4 is 11.8 Å². The molecule has 0 saturated heterocycles. The Morgan fingerprint density at radius 3 is 2.44 bits per heavy atom. The Bertz CT molecular complexity index is 1070.